The number of nitrogens with one attached hydrogen (secondary N) is 1. The summed E-state index contributed by atoms with van der Waals surface area (Å²) in [6.45, 7) is 3.73. The topological polar surface area (TPSA) is 29.1 Å². The Morgan fingerprint density at radius 1 is 1.29 bits per heavy atom. The maximum absolute atomic E-state index is 11.9. The predicted molar refractivity (Wildman–Crippen MR) is 71.1 cm³/mol. The molecular weight excluding hydrogens is 212 g/mol. The van der Waals surface area contributed by atoms with Crippen LogP contribution in [-0.2, 0) is 6.42 Å². The number of hydrogen-bond donors (Lipinski definition) is 1. The molecule has 0 aliphatic heterocycles. The molecule has 17 heavy (non-hydrogen) atoms. The first-order valence-electron chi connectivity index (χ1n) is 6.10. The van der Waals surface area contributed by atoms with Crippen LogP contribution in [0.15, 0.2) is 24.3 Å². The zero-order chi connectivity index (χ0) is 12.9. The Kier molecular flexibility index (Phi) is 4.70. The number of rotatable bonds is 5. The van der Waals surface area contributed by atoms with Gasteiger partial charge in [-0.25, -0.2) is 0 Å². The number of likely N-dealkylation sites (N-methyl/N-ethyl adjacent to an activating group) is 1. The van der Waals surface area contributed by atoms with Gasteiger partial charge in [-0.15, -0.1) is 0 Å². The first-order chi connectivity index (χ1) is 7.92. The SMILES string of the molecule is CCc1cccc(C(=O)NCC[N+](C)(C)C)c1. The lowest BCUT2D eigenvalue weighted by Gasteiger charge is -2.23. The monoisotopic (exact) mass is 235 g/mol. The average molecular weight is 235 g/mol. The molecule has 1 aromatic carbocycles. The number of carbonyl (C=O) groups excluding carboxylic acids is 1. The van der Waals surface area contributed by atoms with Gasteiger partial charge in [-0.2, -0.15) is 0 Å². The number of amides is 1. The van der Waals surface area contributed by atoms with E-state index in [4.69, 9.17) is 0 Å². The smallest absolute Gasteiger partial charge is 0.251 e. The second kappa shape index (κ2) is 5.82. The second-order valence-electron chi connectivity index (χ2n) is 5.32. The van der Waals surface area contributed by atoms with E-state index in [1.165, 1.54) is 5.56 Å². The van der Waals surface area contributed by atoms with Gasteiger partial charge in [-0.3, -0.25) is 4.79 Å². The molecule has 0 aromatic heterocycles. The minimum absolute atomic E-state index is 0.0220. The van der Waals surface area contributed by atoms with Crippen LogP contribution in [0, 0.1) is 0 Å². The summed E-state index contributed by atoms with van der Waals surface area (Å²) in [7, 11) is 6.34. The summed E-state index contributed by atoms with van der Waals surface area (Å²) in [5, 5.41) is 2.95. The maximum Gasteiger partial charge on any atom is 0.251 e. The summed E-state index contributed by atoms with van der Waals surface area (Å²) in [6.07, 6.45) is 0.958. The number of carbonyl (C=O) groups is 1. The molecule has 0 unspecified atom stereocenters. The molecule has 0 aliphatic carbocycles. The predicted octanol–water partition coefficient (Wildman–Crippen LogP) is 1.68. The highest BCUT2D eigenvalue weighted by atomic mass is 16.1. The second-order valence-corrected chi connectivity index (χ2v) is 5.32. The zero-order valence-electron chi connectivity index (χ0n) is 11.3. The number of hydrogen-bond acceptors (Lipinski definition) is 1. The lowest BCUT2D eigenvalue weighted by molar-refractivity contribution is -0.869. The van der Waals surface area contributed by atoms with E-state index in [-0.39, 0.29) is 5.91 Å². The maximum atomic E-state index is 11.9. The van der Waals surface area contributed by atoms with E-state index in [1.54, 1.807) is 0 Å². The first kappa shape index (κ1) is 13.7. The van der Waals surface area contributed by atoms with Gasteiger partial charge < -0.3 is 9.80 Å². The standard InChI is InChI=1S/C14H22N2O/c1-5-12-7-6-8-13(11-12)14(17)15-9-10-16(2,3)4/h6-8,11H,5,9-10H2,1-4H3/p+1. The molecule has 1 N–H and O–H groups in total. The van der Waals surface area contributed by atoms with Crippen molar-refractivity contribution in [1.29, 1.82) is 0 Å². The van der Waals surface area contributed by atoms with Crippen molar-refractivity contribution < 1.29 is 9.28 Å². The van der Waals surface area contributed by atoms with Gasteiger partial charge in [-0.05, 0) is 24.1 Å². The van der Waals surface area contributed by atoms with Crippen LogP contribution < -0.4 is 5.32 Å². The van der Waals surface area contributed by atoms with E-state index in [0.29, 0.717) is 6.54 Å². The van der Waals surface area contributed by atoms with E-state index in [9.17, 15) is 4.79 Å². The van der Waals surface area contributed by atoms with E-state index in [0.717, 1.165) is 23.0 Å². The van der Waals surface area contributed by atoms with Crippen LogP contribution in [-0.4, -0.2) is 44.6 Å². The first-order valence-corrected chi connectivity index (χ1v) is 6.10. The number of aryl methyl sites for hydroxylation is 1. The molecule has 3 nitrogen and oxygen atoms in total. The molecule has 0 atom stereocenters. The Morgan fingerprint density at radius 2 is 2.00 bits per heavy atom. The summed E-state index contributed by atoms with van der Waals surface area (Å²) in [5.74, 6) is 0.0220. The Labute approximate surface area is 104 Å². The van der Waals surface area contributed by atoms with Crippen molar-refractivity contribution in [1.82, 2.24) is 5.32 Å². The average Bonchev–Trinajstić information content (AvgIpc) is 2.27. The van der Waals surface area contributed by atoms with Gasteiger partial charge in [0.25, 0.3) is 5.91 Å². The third-order valence-electron chi connectivity index (χ3n) is 2.67. The number of nitrogens with zero attached hydrogens (tertiary/aromatic N) is 1. The molecule has 1 amide bonds. The highest BCUT2D eigenvalue weighted by Crippen LogP contribution is 2.05. The Morgan fingerprint density at radius 3 is 2.59 bits per heavy atom. The van der Waals surface area contributed by atoms with E-state index in [2.05, 4.69) is 33.4 Å². The van der Waals surface area contributed by atoms with Crippen LogP contribution in [0.4, 0.5) is 0 Å². The molecule has 0 bridgehead atoms. The number of benzene rings is 1. The Bertz CT molecular complexity index is 380. The van der Waals surface area contributed by atoms with Crippen LogP contribution >= 0.6 is 0 Å². The summed E-state index contributed by atoms with van der Waals surface area (Å²) < 4.78 is 0.856. The van der Waals surface area contributed by atoms with Gasteiger partial charge in [0.2, 0.25) is 0 Å². The third-order valence-corrected chi connectivity index (χ3v) is 2.67. The molecular formula is C14H23N2O+. The van der Waals surface area contributed by atoms with Crippen LogP contribution in [0.1, 0.15) is 22.8 Å². The molecule has 0 heterocycles. The minimum atomic E-state index is 0.0220. The zero-order valence-corrected chi connectivity index (χ0v) is 11.3. The van der Waals surface area contributed by atoms with Crippen molar-refractivity contribution in [2.24, 2.45) is 0 Å². The van der Waals surface area contributed by atoms with Gasteiger partial charge in [0.1, 0.15) is 0 Å². The molecule has 1 aromatic rings. The molecule has 0 radical (unpaired) electrons. The Balaban J connectivity index is 2.52. The third kappa shape index (κ3) is 5.00. The van der Waals surface area contributed by atoms with Crippen molar-refractivity contribution in [3.05, 3.63) is 35.4 Å². The van der Waals surface area contributed by atoms with Crippen molar-refractivity contribution in [3.8, 4) is 0 Å². The van der Waals surface area contributed by atoms with Crippen molar-refractivity contribution in [2.75, 3.05) is 34.2 Å². The Hall–Kier alpha value is -1.35. The van der Waals surface area contributed by atoms with Gasteiger partial charge >= 0.3 is 0 Å². The lowest BCUT2D eigenvalue weighted by Crippen LogP contribution is -2.41. The van der Waals surface area contributed by atoms with E-state index >= 15 is 0 Å². The van der Waals surface area contributed by atoms with Crippen molar-refractivity contribution in [2.45, 2.75) is 13.3 Å². The fourth-order valence-electron chi connectivity index (χ4n) is 1.54. The summed E-state index contributed by atoms with van der Waals surface area (Å²) >= 11 is 0. The summed E-state index contributed by atoms with van der Waals surface area (Å²) in [5.41, 5.74) is 1.95. The molecule has 1 rings (SSSR count). The molecule has 0 aliphatic rings. The van der Waals surface area contributed by atoms with E-state index in [1.807, 2.05) is 24.3 Å². The lowest BCUT2D eigenvalue weighted by atomic mass is 10.1. The van der Waals surface area contributed by atoms with Gasteiger partial charge in [-0.1, -0.05) is 19.1 Å². The largest absolute Gasteiger partial charge is 0.346 e. The summed E-state index contributed by atoms with van der Waals surface area (Å²) in [6, 6.07) is 7.80. The molecule has 0 saturated heterocycles. The highest BCUT2D eigenvalue weighted by molar-refractivity contribution is 5.94. The van der Waals surface area contributed by atoms with Crippen LogP contribution in [0.2, 0.25) is 0 Å². The van der Waals surface area contributed by atoms with Crippen molar-refractivity contribution >= 4 is 5.91 Å². The highest BCUT2D eigenvalue weighted by Gasteiger charge is 2.09. The van der Waals surface area contributed by atoms with Crippen LogP contribution in [0.3, 0.4) is 0 Å². The van der Waals surface area contributed by atoms with E-state index < -0.39 is 0 Å². The van der Waals surface area contributed by atoms with Gasteiger partial charge in [0, 0.05) is 5.56 Å². The summed E-state index contributed by atoms with van der Waals surface area (Å²) in [4.78, 5) is 11.9. The van der Waals surface area contributed by atoms with Crippen LogP contribution in [0.25, 0.3) is 0 Å². The fourth-order valence-corrected chi connectivity index (χ4v) is 1.54. The van der Waals surface area contributed by atoms with Crippen LogP contribution in [0.5, 0.6) is 0 Å². The molecule has 0 spiro atoms. The molecule has 0 saturated carbocycles. The fraction of sp³-hybridized carbons (Fsp3) is 0.500. The van der Waals surface area contributed by atoms with Crippen molar-refractivity contribution in [3.63, 3.8) is 0 Å². The minimum Gasteiger partial charge on any atom is -0.346 e. The van der Waals surface area contributed by atoms with Gasteiger partial charge in [0.05, 0.1) is 34.2 Å². The van der Waals surface area contributed by atoms with Gasteiger partial charge in [0.15, 0.2) is 0 Å². The number of quaternary nitrogens is 1. The normalized spacial score (nSPS) is 11.3. The molecule has 3 heteroatoms. The molecule has 94 valence electrons. The molecule has 0 fully saturated rings. The quantitative estimate of drug-likeness (QED) is 0.773.